The minimum absolute atomic E-state index is 0.170. The van der Waals surface area contributed by atoms with Gasteiger partial charge >= 0.3 is 0 Å². The molecule has 0 bridgehead atoms. The fraction of sp³-hybridized carbons (Fsp3) is 0.263. The predicted octanol–water partition coefficient (Wildman–Crippen LogP) is 2.43. The SMILES string of the molecule is CC1C(=O)N(c2ccc3c(c2)OCO3)CCN1C(=O)c1ccc(F)cc1. The number of halogens is 1. The van der Waals surface area contributed by atoms with Crippen molar-refractivity contribution in [3.8, 4) is 11.5 Å². The number of carbonyl (C=O) groups excluding carboxylic acids is 2. The maximum absolute atomic E-state index is 13.1. The zero-order valence-electron chi connectivity index (χ0n) is 14.1. The second-order valence-corrected chi connectivity index (χ2v) is 6.21. The molecule has 0 aromatic heterocycles. The van der Waals surface area contributed by atoms with Gasteiger partial charge in [-0.15, -0.1) is 0 Å². The van der Waals surface area contributed by atoms with Gasteiger partial charge in [0.1, 0.15) is 11.9 Å². The van der Waals surface area contributed by atoms with Crippen molar-refractivity contribution >= 4 is 17.5 Å². The van der Waals surface area contributed by atoms with E-state index in [4.69, 9.17) is 9.47 Å². The van der Waals surface area contributed by atoms with Crippen LogP contribution in [0.5, 0.6) is 11.5 Å². The van der Waals surface area contributed by atoms with E-state index in [0.29, 0.717) is 35.8 Å². The zero-order valence-corrected chi connectivity index (χ0v) is 14.1. The topological polar surface area (TPSA) is 59.1 Å². The van der Waals surface area contributed by atoms with Crippen LogP contribution in [0.1, 0.15) is 17.3 Å². The lowest BCUT2D eigenvalue weighted by molar-refractivity contribution is -0.124. The van der Waals surface area contributed by atoms with Crippen LogP contribution >= 0.6 is 0 Å². The number of anilines is 1. The Balaban J connectivity index is 1.53. The van der Waals surface area contributed by atoms with Crippen molar-refractivity contribution in [2.24, 2.45) is 0 Å². The van der Waals surface area contributed by atoms with Gasteiger partial charge in [0, 0.05) is 30.4 Å². The molecule has 2 aliphatic heterocycles. The van der Waals surface area contributed by atoms with Gasteiger partial charge < -0.3 is 19.3 Å². The molecule has 2 aromatic rings. The average molecular weight is 356 g/mol. The van der Waals surface area contributed by atoms with Crippen LogP contribution in [0, 0.1) is 5.82 Å². The number of nitrogens with zero attached hydrogens (tertiary/aromatic N) is 2. The van der Waals surface area contributed by atoms with Crippen LogP contribution in [0.25, 0.3) is 0 Å². The van der Waals surface area contributed by atoms with Crippen LogP contribution in [0.4, 0.5) is 10.1 Å². The highest BCUT2D eigenvalue weighted by atomic mass is 19.1. The number of piperazine rings is 1. The van der Waals surface area contributed by atoms with Crippen LogP contribution in [-0.4, -0.2) is 42.6 Å². The summed E-state index contributed by atoms with van der Waals surface area (Å²) in [6.07, 6.45) is 0. The fourth-order valence-corrected chi connectivity index (χ4v) is 3.22. The summed E-state index contributed by atoms with van der Waals surface area (Å²) in [6, 6.07) is 10.1. The molecule has 7 heteroatoms. The van der Waals surface area contributed by atoms with E-state index in [1.54, 1.807) is 30.0 Å². The lowest BCUT2D eigenvalue weighted by Crippen LogP contribution is -2.57. The van der Waals surface area contributed by atoms with E-state index in [1.165, 1.54) is 29.2 Å². The van der Waals surface area contributed by atoms with Crippen molar-refractivity contribution < 1.29 is 23.5 Å². The Morgan fingerprint density at radius 3 is 2.58 bits per heavy atom. The smallest absolute Gasteiger partial charge is 0.254 e. The Morgan fingerprint density at radius 1 is 1.08 bits per heavy atom. The highest BCUT2D eigenvalue weighted by molar-refractivity contribution is 6.03. The van der Waals surface area contributed by atoms with Gasteiger partial charge in [0.25, 0.3) is 5.91 Å². The fourth-order valence-electron chi connectivity index (χ4n) is 3.22. The third-order valence-corrected chi connectivity index (χ3v) is 4.68. The summed E-state index contributed by atoms with van der Waals surface area (Å²) in [7, 11) is 0. The molecular weight excluding hydrogens is 339 g/mol. The van der Waals surface area contributed by atoms with Crippen molar-refractivity contribution in [1.82, 2.24) is 4.90 Å². The number of hydrogen-bond acceptors (Lipinski definition) is 4. The number of rotatable bonds is 2. The molecule has 0 saturated carbocycles. The standard InChI is InChI=1S/C19H17FN2O4/c1-12-18(23)22(15-6-7-16-17(10-15)26-11-25-16)9-8-21(12)19(24)13-2-4-14(20)5-3-13/h2-7,10,12H,8-9,11H2,1H3. The van der Waals surface area contributed by atoms with Crippen molar-refractivity contribution in [1.29, 1.82) is 0 Å². The molecule has 26 heavy (non-hydrogen) atoms. The molecule has 4 rings (SSSR count). The van der Waals surface area contributed by atoms with Crippen LogP contribution in [0.2, 0.25) is 0 Å². The van der Waals surface area contributed by atoms with E-state index < -0.39 is 11.9 Å². The van der Waals surface area contributed by atoms with Crippen LogP contribution in [-0.2, 0) is 4.79 Å². The maximum Gasteiger partial charge on any atom is 0.254 e. The Labute approximate surface area is 149 Å². The normalized spacial score (nSPS) is 19.0. The van der Waals surface area contributed by atoms with Crippen LogP contribution in [0.15, 0.2) is 42.5 Å². The summed E-state index contributed by atoms with van der Waals surface area (Å²) in [5.74, 6) is 0.396. The number of fused-ring (bicyclic) bond motifs is 1. The highest BCUT2D eigenvalue weighted by Crippen LogP contribution is 2.36. The Bertz CT molecular complexity index is 868. The highest BCUT2D eigenvalue weighted by Gasteiger charge is 2.35. The first-order chi connectivity index (χ1) is 12.5. The summed E-state index contributed by atoms with van der Waals surface area (Å²) < 4.78 is 23.7. The van der Waals surface area contributed by atoms with Gasteiger partial charge in [-0.25, -0.2) is 4.39 Å². The van der Waals surface area contributed by atoms with E-state index in [-0.39, 0.29) is 18.6 Å². The number of amides is 2. The van der Waals surface area contributed by atoms with Gasteiger partial charge in [-0.2, -0.15) is 0 Å². The number of carbonyl (C=O) groups is 2. The monoisotopic (exact) mass is 356 g/mol. The molecule has 1 atom stereocenters. The van der Waals surface area contributed by atoms with Gasteiger partial charge in [-0.3, -0.25) is 9.59 Å². The molecule has 0 radical (unpaired) electrons. The first-order valence-corrected chi connectivity index (χ1v) is 8.32. The summed E-state index contributed by atoms with van der Waals surface area (Å²) in [6.45, 7) is 2.62. The van der Waals surface area contributed by atoms with E-state index in [1.807, 2.05) is 0 Å². The van der Waals surface area contributed by atoms with Gasteiger partial charge in [-0.05, 0) is 43.3 Å². The zero-order chi connectivity index (χ0) is 18.3. The molecule has 0 aliphatic carbocycles. The predicted molar refractivity (Wildman–Crippen MR) is 91.8 cm³/mol. The van der Waals surface area contributed by atoms with Gasteiger partial charge in [0.05, 0.1) is 0 Å². The molecule has 0 spiro atoms. The first-order valence-electron chi connectivity index (χ1n) is 8.32. The quantitative estimate of drug-likeness (QED) is 0.829. The van der Waals surface area contributed by atoms with E-state index in [2.05, 4.69) is 0 Å². The molecule has 1 saturated heterocycles. The minimum Gasteiger partial charge on any atom is -0.454 e. The second kappa shape index (κ2) is 6.33. The molecule has 2 heterocycles. The van der Waals surface area contributed by atoms with E-state index >= 15 is 0 Å². The van der Waals surface area contributed by atoms with E-state index in [0.717, 1.165) is 0 Å². The molecule has 2 aromatic carbocycles. The summed E-state index contributed by atoms with van der Waals surface area (Å²) in [5.41, 5.74) is 1.07. The van der Waals surface area contributed by atoms with Gasteiger partial charge in [0.15, 0.2) is 11.5 Å². The molecule has 0 N–H and O–H groups in total. The number of benzene rings is 2. The maximum atomic E-state index is 13.1. The molecule has 6 nitrogen and oxygen atoms in total. The van der Waals surface area contributed by atoms with Crippen molar-refractivity contribution in [2.75, 3.05) is 24.8 Å². The summed E-state index contributed by atoms with van der Waals surface area (Å²) in [5, 5.41) is 0. The number of ether oxygens (including phenoxy) is 2. The molecule has 1 fully saturated rings. The molecule has 134 valence electrons. The van der Waals surface area contributed by atoms with Gasteiger partial charge in [0.2, 0.25) is 12.7 Å². The third kappa shape index (κ3) is 2.75. The summed E-state index contributed by atoms with van der Waals surface area (Å²) >= 11 is 0. The van der Waals surface area contributed by atoms with E-state index in [9.17, 15) is 14.0 Å². The Hall–Kier alpha value is -3.09. The molecular formula is C19H17FN2O4. The van der Waals surface area contributed by atoms with Crippen molar-refractivity contribution in [3.05, 3.63) is 53.8 Å². The number of hydrogen-bond donors (Lipinski definition) is 0. The van der Waals surface area contributed by atoms with Crippen LogP contribution in [0.3, 0.4) is 0 Å². The Morgan fingerprint density at radius 2 is 1.81 bits per heavy atom. The lowest BCUT2D eigenvalue weighted by Gasteiger charge is -2.39. The van der Waals surface area contributed by atoms with Gasteiger partial charge in [-0.1, -0.05) is 0 Å². The third-order valence-electron chi connectivity index (χ3n) is 4.68. The molecule has 1 unspecified atom stereocenters. The minimum atomic E-state index is -0.619. The Kier molecular flexibility index (Phi) is 3.99. The largest absolute Gasteiger partial charge is 0.454 e. The lowest BCUT2D eigenvalue weighted by atomic mass is 10.1. The molecule has 2 aliphatic rings. The second-order valence-electron chi connectivity index (χ2n) is 6.21. The average Bonchev–Trinajstić information content (AvgIpc) is 3.12. The first kappa shape index (κ1) is 16.4. The van der Waals surface area contributed by atoms with Crippen LogP contribution < -0.4 is 14.4 Å². The van der Waals surface area contributed by atoms with Crippen molar-refractivity contribution in [3.63, 3.8) is 0 Å². The van der Waals surface area contributed by atoms with Crippen molar-refractivity contribution in [2.45, 2.75) is 13.0 Å². The molecule has 2 amide bonds. The summed E-state index contributed by atoms with van der Waals surface area (Å²) in [4.78, 5) is 28.6.